The Morgan fingerprint density at radius 2 is 1.63 bits per heavy atom. The van der Waals surface area contributed by atoms with Crippen LogP contribution in [-0.4, -0.2) is 20.2 Å². The predicted octanol–water partition coefficient (Wildman–Crippen LogP) is 3.34. The van der Waals surface area contributed by atoms with Crippen molar-refractivity contribution in [3.05, 3.63) is 58.2 Å². The molecule has 0 saturated carbocycles. The topological polar surface area (TPSA) is 72.4 Å². The van der Waals surface area contributed by atoms with Crippen molar-refractivity contribution in [2.75, 3.05) is 14.2 Å². The first-order valence-corrected chi connectivity index (χ1v) is 11.1. The van der Waals surface area contributed by atoms with Crippen LogP contribution in [0.25, 0.3) is 0 Å². The maximum absolute atomic E-state index is 12.2. The third kappa shape index (κ3) is 5.42. The predicted molar refractivity (Wildman–Crippen MR) is 98.4 cm³/mol. The van der Waals surface area contributed by atoms with E-state index in [1.807, 2.05) is 30.3 Å². The Morgan fingerprint density at radius 3 is 2.37 bits per heavy atom. The number of hydrogen-bond donors (Lipinski definition) is 0. The Hall–Kier alpha value is -1.20. The van der Waals surface area contributed by atoms with Gasteiger partial charge in [0.25, 0.3) is 0 Å². The number of benzene rings is 1. The van der Waals surface area contributed by atoms with E-state index in [1.54, 1.807) is 22.3 Å². The molecule has 3 aliphatic carbocycles. The Balaban J connectivity index is 0.000000614. The van der Waals surface area contributed by atoms with Gasteiger partial charge < -0.3 is 10.2 Å². The molecule has 4 rings (SSSR count). The summed E-state index contributed by atoms with van der Waals surface area (Å²) in [5.74, 6) is -0.131. The molecule has 0 N–H and O–H groups in total. The average molecular weight is 404 g/mol. The summed E-state index contributed by atoms with van der Waals surface area (Å²) in [7, 11) is 1.50. The van der Waals surface area contributed by atoms with Crippen LogP contribution in [0.3, 0.4) is 0 Å². The Bertz CT molecular complexity index is 679. The summed E-state index contributed by atoms with van der Waals surface area (Å²) in [4.78, 5) is 12.2. The molecule has 0 spiro atoms. The fourth-order valence-electron chi connectivity index (χ4n) is 4.25. The van der Waals surface area contributed by atoms with E-state index in [1.165, 1.54) is 51.4 Å². The van der Waals surface area contributed by atoms with Crippen LogP contribution in [0.2, 0.25) is 4.22 Å². The van der Waals surface area contributed by atoms with Gasteiger partial charge in [-0.1, -0.05) is 0 Å². The number of allylic oxidation sites excluding steroid dienone is 4. The zero-order valence-corrected chi connectivity index (χ0v) is 17.8. The SMILES string of the molecule is C[O-].C[O-].O=C([O][Ti+2][CH]1CCCC2=C1CC1=C2CCCC1)c1ccccc1. The molecule has 3 aliphatic rings. The second-order valence-electron chi connectivity index (χ2n) is 6.79. The Morgan fingerprint density at radius 1 is 0.963 bits per heavy atom. The minimum atomic E-state index is -0.710. The Labute approximate surface area is 171 Å². The van der Waals surface area contributed by atoms with Gasteiger partial charge in [-0.25, -0.2) is 0 Å². The van der Waals surface area contributed by atoms with Gasteiger partial charge in [0.2, 0.25) is 0 Å². The van der Waals surface area contributed by atoms with Crippen molar-refractivity contribution < 1.29 is 37.9 Å². The van der Waals surface area contributed by atoms with Gasteiger partial charge >= 0.3 is 147 Å². The molecule has 0 saturated heterocycles. The second kappa shape index (κ2) is 11.6. The molecular formula is C22H28O4Ti. The van der Waals surface area contributed by atoms with E-state index >= 15 is 0 Å². The summed E-state index contributed by atoms with van der Waals surface area (Å²) in [6, 6.07) is 9.41. The summed E-state index contributed by atoms with van der Waals surface area (Å²) in [6.07, 6.45) is 10.3. The van der Waals surface area contributed by atoms with Gasteiger partial charge in [-0.3, -0.25) is 0 Å². The molecule has 1 unspecified atom stereocenters. The van der Waals surface area contributed by atoms with Gasteiger partial charge in [0, 0.05) is 0 Å². The molecule has 4 nitrogen and oxygen atoms in total. The van der Waals surface area contributed by atoms with Crippen molar-refractivity contribution >= 4 is 5.97 Å². The van der Waals surface area contributed by atoms with E-state index in [-0.39, 0.29) is 5.97 Å². The van der Waals surface area contributed by atoms with Crippen molar-refractivity contribution in [3.63, 3.8) is 0 Å². The second-order valence-corrected chi connectivity index (χ2v) is 8.56. The van der Waals surface area contributed by atoms with Crippen molar-refractivity contribution in [1.29, 1.82) is 0 Å². The first-order chi connectivity index (χ1) is 13.3. The third-order valence-corrected chi connectivity index (χ3v) is 7.29. The maximum atomic E-state index is 12.2. The van der Waals surface area contributed by atoms with Gasteiger partial charge in [0.15, 0.2) is 0 Å². The molecule has 0 radical (unpaired) electrons. The molecule has 5 heteroatoms. The summed E-state index contributed by atoms with van der Waals surface area (Å²) in [5.41, 5.74) is 7.44. The van der Waals surface area contributed by atoms with Crippen molar-refractivity contribution in [1.82, 2.24) is 0 Å². The molecule has 0 fully saturated rings. The van der Waals surface area contributed by atoms with Crippen LogP contribution in [0.15, 0.2) is 52.6 Å². The molecule has 1 aromatic carbocycles. The van der Waals surface area contributed by atoms with Gasteiger partial charge in [-0.2, -0.15) is 14.2 Å². The number of rotatable bonds is 3. The van der Waals surface area contributed by atoms with Crippen LogP contribution < -0.4 is 10.2 Å². The average Bonchev–Trinajstić information content (AvgIpc) is 3.15. The molecule has 1 aromatic rings. The van der Waals surface area contributed by atoms with E-state index < -0.39 is 19.5 Å². The Kier molecular flexibility index (Phi) is 9.50. The molecule has 0 heterocycles. The number of hydrogen-bond acceptors (Lipinski definition) is 4. The first kappa shape index (κ1) is 22.1. The van der Waals surface area contributed by atoms with E-state index in [0.29, 0.717) is 9.79 Å². The molecule has 0 aliphatic heterocycles. The monoisotopic (exact) mass is 404 g/mol. The molecular weight excluding hydrogens is 376 g/mol. The van der Waals surface area contributed by atoms with Crippen molar-refractivity contribution in [2.24, 2.45) is 0 Å². The molecule has 144 valence electrons. The summed E-state index contributed by atoms with van der Waals surface area (Å²) < 4.78 is 6.33. The first-order valence-electron chi connectivity index (χ1n) is 9.59. The van der Waals surface area contributed by atoms with E-state index in [9.17, 15) is 4.79 Å². The van der Waals surface area contributed by atoms with Crippen LogP contribution >= 0.6 is 0 Å². The third-order valence-electron chi connectivity index (χ3n) is 5.38. The van der Waals surface area contributed by atoms with E-state index in [2.05, 4.69) is 0 Å². The van der Waals surface area contributed by atoms with Gasteiger partial charge in [0.05, 0.1) is 0 Å². The molecule has 1 atom stereocenters. The van der Waals surface area contributed by atoms with Crippen LogP contribution in [0.1, 0.15) is 61.7 Å². The van der Waals surface area contributed by atoms with Crippen LogP contribution in [-0.2, 0) is 22.9 Å². The summed E-state index contributed by atoms with van der Waals surface area (Å²) in [5, 5.41) is 16.5. The van der Waals surface area contributed by atoms with Crippen LogP contribution in [0.5, 0.6) is 0 Å². The molecule has 0 amide bonds. The summed E-state index contributed by atoms with van der Waals surface area (Å²) >= 11 is -0.710. The fourth-order valence-corrected chi connectivity index (χ4v) is 5.98. The molecule has 0 aromatic heterocycles. The van der Waals surface area contributed by atoms with E-state index in [0.717, 1.165) is 14.2 Å². The van der Waals surface area contributed by atoms with Crippen LogP contribution in [0.4, 0.5) is 0 Å². The standard InChI is InChI=1S/C13H17.C7H6O2.2CH3O.Ti/c1-3-7-12-10(5-1)9-11-6-2-4-8-13(11)12;8-7(9)6-4-2-1-3-5-6;2*1-2;/h5H,1-4,6-9H2;1-5H,(H,8,9);2*1H3;/q;;2*-1;+3/p-1. The normalized spacial score (nSPS) is 20.2. The van der Waals surface area contributed by atoms with Gasteiger partial charge in [-0.15, -0.1) is 0 Å². The van der Waals surface area contributed by atoms with E-state index in [4.69, 9.17) is 13.5 Å². The zero-order chi connectivity index (χ0) is 19.6. The van der Waals surface area contributed by atoms with Gasteiger partial charge in [0.1, 0.15) is 0 Å². The quantitative estimate of drug-likeness (QED) is 0.725. The van der Waals surface area contributed by atoms with Crippen molar-refractivity contribution in [2.45, 2.75) is 55.6 Å². The van der Waals surface area contributed by atoms with Crippen molar-refractivity contribution in [3.8, 4) is 0 Å². The minimum absolute atomic E-state index is 0.131. The molecule has 0 bridgehead atoms. The summed E-state index contributed by atoms with van der Waals surface area (Å²) in [6.45, 7) is 0. The number of fused-ring (bicyclic) bond motifs is 1. The molecule has 27 heavy (non-hydrogen) atoms. The fraction of sp³-hybridized carbons (Fsp3) is 0.500. The number of carbonyl (C=O) groups is 1. The van der Waals surface area contributed by atoms with Gasteiger partial charge in [-0.05, 0) is 0 Å². The van der Waals surface area contributed by atoms with Crippen LogP contribution in [0, 0.1) is 0 Å². The number of carbonyl (C=O) groups excluding carboxylic acids is 1. The zero-order valence-electron chi connectivity index (χ0n) is 16.3.